The number of sulfonamides is 1. The van der Waals surface area contributed by atoms with E-state index in [0.29, 0.717) is 13.0 Å². The van der Waals surface area contributed by atoms with Crippen LogP contribution in [-0.2, 0) is 10.0 Å². The number of nitrogens with zero attached hydrogens (tertiary/aromatic N) is 2. The first-order valence-corrected chi connectivity index (χ1v) is 6.09. The average molecular weight is 218 g/mol. The van der Waals surface area contributed by atoms with Gasteiger partial charge >= 0.3 is 0 Å². The third kappa shape index (κ3) is 2.05. The van der Waals surface area contributed by atoms with Crippen LogP contribution in [0, 0.1) is 11.3 Å². The number of nitriles is 1. The molecule has 0 aromatic heterocycles. The molecule has 0 aromatic rings. The minimum Gasteiger partial charge on any atom is -0.392 e. The highest BCUT2D eigenvalue weighted by Crippen LogP contribution is 2.18. The molecular weight excluding hydrogens is 204 g/mol. The molecule has 6 heteroatoms. The largest absolute Gasteiger partial charge is 0.392 e. The van der Waals surface area contributed by atoms with Gasteiger partial charge in [-0.2, -0.15) is 9.57 Å². The Morgan fingerprint density at radius 2 is 2.36 bits per heavy atom. The summed E-state index contributed by atoms with van der Waals surface area (Å²) in [5.74, 6) is 0. The number of β-amino-alcohol motifs (C(OH)–C–C–N with tert-alkyl or cyclic N) is 1. The topological polar surface area (TPSA) is 81.4 Å². The van der Waals surface area contributed by atoms with Crippen molar-refractivity contribution in [2.75, 3.05) is 13.1 Å². The summed E-state index contributed by atoms with van der Waals surface area (Å²) in [6.45, 7) is 2.11. The van der Waals surface area contributed by atoms with Gasteiger partial charge in [-0.05, 0) is 12.8 Å². The van der Waals surface area contributed by atoms with Crippen LogP contribution >= 0.6 is 0 Å². The van der Waals surface area contributed by atoms with Crippen LogP contribution in [0.1, 0.15) is 19.8 Å². The summed E-state index contributed by atoms with van der Waals surface area (Å²) in [4.78, 5) is 0. The molecule has 0 saturated carbocycles. The molecule has 1 N–H and O–H groups in total. The molecule has 1 heterocycles. The first-order chi connectivity index (χ1) is 6.52. The predicted molar refractivity (Wildman–Crippen MR) is 50.8 cm³/mol. The van der Waals surface area contributed by atoms with Gasteiger partial charge in [-0.15, -0.1) is 0 Å². The Bertz CT molecular complexity index is 333. The van der Waals surface area contributed by atoms with E-state index in [9.17, 15) is 13.5 Å². The van der Waals surface area contributed by atoms with E-state index >= 15 is 0 Å². The zero-order chi connectivity index (χ0) is 10.8. The Labute approximate surface area is 84.0 Å². The fourth-order valence-corrected chi connectivity index (χ4v) is 3.14. The van der Waals surface area contributed by atoms with Gasteiger partial charge in [-0.25, -0.2) is 8.42 Å². The van der Waals surface area contributed by atoms with Gasteiger partial charge in [0, 0.05) is 13.1 Å². The van der Waals surface area contributed by atoms with Crippen LogP contribution in [0.4, 0.5) is 0 Å². The normalized spacial score (nSPS) is 25.9. The molecule has 0 aliphatic carbocycles. The van der Waals surface area contributed by atoms with Crippen molar-refractivity contribution < 1.29 is 13.5 Å². The van der Waals surface area contributed by atoms with Crippen molar-refractivity contribution in [1.29, 1.82) is 5.26 Å². The second-order valence-electron chi connectivity index (χ2n) is 3.37. The summed E-state index contributed by atoms with van der Waals surface area (Å²) in [5.41, 5.74) is 0. The van der Waals surface area contributed by atoms with Crippen molar-refractivity contribution in [2.24, 2.45) is 0 Å². The molecular formula is C8H14N2O3S. The predicted octanol–water partition coefficient (Wildman–Crippen LogP) is -0.315. The number of rotatable bonds is 3. The second kappa shape index (κ2) is 4.26. The molecule has 0 radical (unpaired) electrons. The minimum absolute atomic E-state index is 0.126. The van der Waals surface area contributed by atoms with E-state index in [1.807, 2.05) is 0 Å². The summed E-state index contributed by atoms with van der Waals surface area (Å²) < 4.78 is 24.7. The molecule has 14 heavy (non-hydrogen) atoms. The number of hydrogen-bond donors (Lipinski definition) is 1. The standard InChI is InChI=1S/C8H14N2O3S/c1-2-8(5-9)14(12,13)10-4-3-7(11)6-10/h7-8,11H,2-4,6H2,1H3/t7-,8?/m1/s1. The highest BCUT2D eigenvalue weighted by atomic mass is 32.2. The second-order valence-corrected chi connectivity index (χ2v) is 5.49. The maximum absolute atomic E-state index is 11.7. The van der Waals surface area contributed by atoms with Gasteiger partial charge in [0.2, 0.25) is 10.0 Å². The molecule has 1 unspecified atom stereocenters. The highest BCUT2D eigenvalue weighted by molar-refractivity contribution is 7.90. The summed E-state index contributed by atoms with van der Waals surface area (Å²) in [6, 6.07) is 1.77. The van der Waals surface area contributed by atoms with Crippen LogP contribution in [0.5, 0.6) is 0 Å². The summed E-state index contributed by atoms with van der Waals surface area (Å²) in [5, 5.41) is 16.9. The van der Waals surface area contributed by atoms with Gasteiger partial charge in [-0.1, -0.05) is 6.92 Å². The number of hydrogen-bond acceptors (Lipinski definition) is 4. The molecule has 80 valence electrons. The fraction of sp³-hybridized carbons (Fsp3) is 0.875. The van der Waals surface area contributed by atoms with Gasteiger partial charge in [0.25, 0.3) is 0 Å². The third-order valence-electron chi connectivity index (χ3n) is 2.36. The molecule has 1 fully saturated rings. The Morgan fingerprint density at radius 1 is 1.71 bits per heavy atom. The number of aliphatic hydroxyl groups is 1. The van der Waals surface area contributed by atoms with Crippen LogP contribution < -0.4 is 0 Å². The zero-order valence-corrected chi connectivity index (χ0v) is 8.87. The van der Waals surface area contributed by atoms with Crippen LogP contribution in [0.3, 0.4) is 0 Å². The molecule has 1 aliphatic heterocycles. The monoisotopic (exact) mass is 218 g/mol. The zero-order valence-electron chi connectivity index (χ0n) is 8.05. The molecule has 0 spiro atoms. The van der Waals surface area contributed by atoms with E-state index in [0.717, 1.165) is 0 Å². The SMILES string of the molecule is CCC(C#N)S(=O)(=O)N1CC[C@@H](O)C1. The quantitative estimate of drug-likeness (QED) is 0.704. The van der Waals surface area contributed by atoms with Gasteiger partial charge in [0.15, 0.2) is 5.25 Å². The van der Waals surface area contributed by atoms with Crippen molar-refractivity contribution in [1.82, 2.24) is 4.31 Å². The lowest BCUT2D eigenvalue weighted by atomic mass is 10.3. The third-order valence-corrected chi connectivity index (χ3v) is 4.57. The van der Waals surface area contributed by atoms with Crippen LogP contribution in [0.25, 0.3) is 0 Å². The van der Waals surface area contributed by atoms with Gasteiger partial charge in [0.05, 0.1) is 12.2 Å². The first kappa shape index (κ1) is 11.4. The van der Waals surface area contributed by atoms with Crippen molar-refractivity contribution in [2.45, 2.75) is 31.1 Å². The lowest BCUT2D eigenvalue weighted by Crippen LogP contribution is -2.36. The van der Waals surface area contributed by atoms with Crippen LogP contribution in [0.2, 0.25) is 0 Å². The van der Waals surface area contributed by atoms with E-state index in [1.54, 1.807) is 13.0 Å². The van der Waals surface area contributed by atoms with Crippen molar-refractivity contribution in [3.8, 4) is 6.07 Å². The van der Waals surface area contributed by atoms with Crippen LogP contribution in [-0.4, -0.2) is 42.3 Å². The molecule has 1 aliphatic rings. The maximum Gasteiger partial charge on any atom is 0.230 e. The Morgan fingerprint density at radius 3 is 2.71 bits per heavy atom. The molecule has 1 rings (SSSR count). The van der Waals surface area contributed by atoms with E-state index in [4.69, 9.17) is 5.26 Å². The lowest BCUT2D eigenvalue weighted by Gasteiger charge is -2.18. The van der Waals surface area contributed by atoms with Crippen molar-refractivity contribution in [3.63, 3.8) is 0 Å². The smallest absolute Gasteiger partial charge is 0.230 e. The van der Waals surface area contributed by atoms with Crippen molar-refractivity contribution in [3.05, 3.63) is 0 Å². The van der Waals surface area contributed by atoms with E-state index in [2.05, 4.69) is 0 Å². The summed E-state index contributed by atoms with van der Waals surface area (Å²) in [7, 11) is -3.52. The van der Waals surface area contributed by atoms with Gasteiger partial charge in [-0.3, -0.25) is 0 Å². The van der Waals surface area contributed by atoms with Gasteiger partial charge in [0.1, 0.15) is 0 Å². The van der Waals surface area contributed by atoms with E-state index in [-0.39, 0.29) is 13.0 Å². The molecule has 1 saturated heterocycles. The Balaban J connectivity index is 2.81. The van der Waals surface area contributed by atoms with Crippen molar-refractivity contribution >= 4 is 10.0 Å². The Kier molecular flexibility index (Phi) is 3.48. The minimum atomic E-state index is -3.52. The molecule has 5 nitrogen and oxygen atoms in total. The fourth-order valence-electron chi connectivity index (χ4n) is 1.49. The molecule has 0 bridgehead atoms. The lowest BCUT2D eigenvalue weighted by molar-refractivity contribution is 0.189. The van der Waals surface area contributed by atoms with E-state index in [1.165, 1.54) is 4.31 Å². The number of aliphatic hydroxyl groups excluding tert-OH is 1. The van der Waals surface area contributed by atoms with E-state index < -0.39 is 21.4 Å². The average Bonchev–Trinajstić information content (AvgIpc) is 2.54. The summed E-state index contributed by atoms with van der Waals surface area (Å²) in [6.07, 6.45) is 0.160. The summed E-state index contributed by atoms with van der Waals surface area (Å²) >= 11 is 0. The molecule has 0 aromatic carbocycles. The first-order valence-electron chi connectivity index (χ1n) is 4.59. The molecule has 2 atom stereocenters. The Hall–Kier alpha value is -0.640. The van der Waals surface area contributed by atoms with Crippen LogP contribution in [0.15, 0.2) is 0 Å². The molecule has 0 amide bonds. The maximum atomic E-state index is 11.7. The highest BCUT2D eigenvalue weighted by Gasteiger charge is 2.35. The van der Waals surface area contributed by atoms with Gasteiger partial charge < -0.3 is 5.11 Å².